The number of benzene rings is 2. The zero-order chi connectivity index (χ0) is 17.1. The topological polar surface area (TPSA) is 38.9 Å². The maximum Gasteiger partial charge on any atom is 0.202 e. The molecule has 126 valence electrons. The van der Waals surface area contributed by atoms with E-state index in [0.717, 1.165) is 24.3 Å². The molecule has 1 aliphatic heterocycles. The van der Waals surface area contributed by atoms with Crippen molar-refractivity contribution in [3.05, 3.63) is 40.7 Å². The van der Waals surface area contributed by atoms with E-state index in [-0.39, 0.29) is 0 Å². The van der Waals surface area contributed by atoms with Crippen molar-refractivity contribution < 1.29 is 4.99 Å². The number of nitrogens with zero attached hydrogens (tertiary/aromatic N) is 1. The summed E-state index contributed by atoms with van der Waals surface area (Å²) in [5, 5.41) is 4.67. The molecule has 0 saturated heterocycles. The van der Waals surface area contributed by atoms with Gasteiger partial charge in [-0.15, -0.1) is 11.3 Å². The average Bonchev–Trinajstić information content (AvgIpc) is 2.55. The number of anilines is 1. The molecule has 4 heteroatoms. The Kier molecular flexibility index (Phi) is 5.14. The Morgan fingerprint density at radius 1 is 1.08 bits per heavy atom. The number of aromatic nitrogens is 1. The van der Waals surface area contributed by atoms with Crippen molar-refractivity contribution in [3.63, 3.8) is 0 Å². The van der Waals surface area contributed by atoms with Gasteiger partial charge >= 0.3 is 0 Å². The van der Waals surface area contributed by atoms with Crippen LogP contribution < -0.4 is 15.7 Å². The molecule has 0 fully saturated rings. The van der Waals surface area contributed by atoms with Gasteiger partial charge in [0.2, 0.25) is 5.36 Å². The molecule has 3 rings (SSSR count). The van der Waals surface area contributed by atoms with Gasteiger partial charge < -0.3 is 5.32 Å². The Labute approximate surface area is 147 Å². The first kappa shape index (κ1) is 16.9. The highest BCUT2D eigenvalue weighted by Crippen LogP contribution is 2.32. The number of hydrogen-bond acceptors (Lipinski definition) is 3. The summed E-state index contributed by atoms with van der Waals surface area (Å²) in [5.41, 5.74) is 5.88. The first-order valence-electron chi connectivity index (χ1n) is 8.79. The predicted molar refractivity (Wildman–Crippen MR) is 104 cm³/mol. The number of unbranched alkanes of at least 4 members (excludes halogenated alkanes) is 1. The van der Waals surface area contributed by atoms with E-state index >= 15 is 0 Å². The van der Waals surface area contributed by atoms with Gasteiger partial charge in [0.05, 0.1) is 20.8 Å². The monoisotopic (exact) mass is 340 g/mol. The summed E-state index contributed by atoms with van der Waals surface area (Å²) < 4.78 is 1.23. The minimum absolute atomic E-state index is 0.933. The van der Waals surface area contributed by atoms with E-state index in [4.69, 9.17) is 4.98 Å². The molecule has 0 bridgehead atoms. The fraction of sp³-hybridized carbons (Fsp3) is 0.400. The van der Waals surface area contributed by atoms with Gasteiger partial charge in [-0.2, -0.15) is 0 Å². The standard InChI is InChI=1S/C20H25N3S/c1-5-7-8-22-16-12-20-18(10-14(16)4)23-17-9-13(3)15(21-6-2)11-19(17)24-20/h9-12,21H,5-8H2,1-4H3/p+1. The second-order valence-electron chi connectivity index (χ2n) is 6.29. The Hall–Kier alpha value is -1.94. The highest BCUT2D eigenvalue weighted by Gasteiger charge is 2.12. The summed E-state index contributed by atoms with van der Waals surface area (Å²) in [4.78, 5) is 9.69. The molecule has 2 N–H and O–H groups in total. The molecule has 2 aliphatic rings. The Morgan fingerprint density at radius 2 is 1.92 bits per heavy atom. The van der Waals surface area contributed by atoms with Crippen molar-refractivity contribution in [2.45, 2.75) is 40.5 Å². The van der Waals surface area contributed by atoms with Crippen LogP contribution in [-0.4, -0.2) is 18.1 Å². The number of aryl methyl sites for hydroxylation is 2. The Bertz CT molecular complexity index is 895. The lowest BCUT2D eigenvalue weighted by molar-refractivity contribution is -0.501. The molecule has 0 atom stereocenters. The van der Waals surface area contributed by atoms with E-state index in [0.29, 0.717) is 0 Å². The Balaban J connectivity index is 2.15. The highest BCUT2D eigenvalue weighted by molar-refractivity contribution is 7.21. The van der Waals surface area contributed by atoms with E-state index in [1.54, 1.807) is 0 Å². The molecule has 0 saturated carbocycles. The fourth-order valence-electron chi connectivity index (χ4n) is 2.90. The third-order valence-electron chi connectivity index (χ3n) is 4.29. The molecule has 0 radical (unpaired) electrons. The number of fused-ring (bicyclic) bond motifs is 2. The molecule has 0 unspecified atom stereocenters. The van der Waals surface area contributed by atoms with Gasteiger partial charge in [0.1, 0.15) is 6.54 Å². The molecule has 0 spiro atoms. The van der Waals surface area contributed by atoms with Crippen molar-refractivity contribution in [1.82, 2.24) is 4.98 Å². The first-order valence-corrected chi connectivity index (χ1v) is 9.60. The van der Waals surface area contributed by atoms with Gasteiger partial charge in [-0.3, -0.25) is 0 Å². The fourth-order valence-corrected chi connectivity index (χ4v) is 3.91. The SMILES string of the molecule is CCCC[NH+]=c1cc2sc3cc(NCC)c(C)cc3nc-2cc1C. The predicted octanol–water partition coefficient (Wildman–Crippen LogP) is 3.23. The average molecular weight is 341 g/mol. The molecule has 3 nitrogen and oxygen atoms in total. The second-order valence-corrected chi connectivity index (χ2v) is 7.38. The molecule has 0 amide bonds. The number of rotatable bonds is 5. The lowest BCUT2D eigenvalue weighted by Crippen LogP contribution is -2.77. The van der Waals surface area contributed by atoms with Crippen LogP contribution in [0.25, 0.3) is 20.8 Å². The van der Waals surface area contributed by atoms with Crippen LogP contribution in [0.1, 0.15) is 37.8 Å². The minimum atomic E-state index is 0.933. The zero-order valence-corrected chi connectivity index (χ0v) is 15.8. The third-order valence-corrected chi connectivity index (χ3v) is 5.38. The minimum Gasteiger partial charge on any atom is -0.385 e. The summed E-state index contributed by atoms with van der Waals surface area (Å²) in [5.74, 6) is 0. The Morgan fingerprint density at radius 3 is 2.67 bits per heavy atom. The molecular weight excluding hydrogens is 314 g/mol. The highest BCUT2D eigenvalue weighted by atomic mass is 32.1. The van der Waals surface area contributed by atoms with Crippen LogP contribution in [0.5, 0.6) is 0 Å². The lowest BCUT2D eigenvalue weighted by Gasteiger charge is -2.11. The molecule has 1 heterocycles. The van der Waals surface area contributed by atoms with Crippen LogP contribution in [0.15, 0.2) is 24.3 Å². The van der Waals surface area contributed by atoms with Gasteiger partial charge in [0, 0.05) is 30.3 Å². The van der Waals surface area contributed by atoms with Crippen molar-refractivity contribution in [3.8, 4) is 10.6 Å². The number of hydrogen-bond donors (Lipinski definition) is 2. The molecule has 24 heavy (non-hydrogen) atoms. The molecular formula is C20H26N3S+. The van der Waals surface area contributed by atoms with Gasteiger partial charge in [0.15, 0.2) is 0 Å². The van der Waals surface area contributed by atoms with Gasteiger partial charge in [-0.25, -0.2) is 9.98 Å². The third kappa shape index (κ3) is 3.44. The molecule has 0 aromatic heterocycles. The van der Waals surface area contributed by atoms with Crippen molar-refractivity contribution in [2.75, 3.05) is 18.4 Å². The molecule has 1 aromatic carbocycles. The number of nitrogens with one attached hydrogen (secondary N) is 2. The summed E-state index contributed by atoms with van der Waals surface area (Å²) in [6.45, 7) is 10.6. The zero-order valence-electron chi connectivity index (χ0n) is 15.0. The van der Waals surface area contributed by atoms with Crippen molar-refractivity contribution >= 4 is 27.2 Å². The van der Waals surface area contributed by atoms with E-state index in [1.807, 2.05) is 11.3 Å². The normalized spacial score (nSPS) is 12.2. The van der Waals surface area contributed by atoms with E-state index < -0.39 is 0 Å². The van der Waals surface area contributed by atoms with Crippen LogP contribution in [0.4, 0.5) is 5.69 Å². The van der Waals surface area contributed by atoms with E-state index in [1.165, 1.54) is 44.6 Å². The largest absolute Gasteiger partial charge is 0.385 e. The first-order chi connectivity index (χ1) is 11.6. The second kappa shape index (κ2) is 7.31. The van der Waals surface area contributed by atoms with Gasteiger partial charge in [-0.1, -0.05) is 13.3 Å². The van der Waals surface area contributed by atoms with Crippen LogP contribution in [0, 0.1) is 13.8 Å². The summed E-state index contributed by atoms with van der Waals surface area (Å²) >= 11 is 1.82. The van der Waals surface area contributed by atoms with Crippen LogP contribution in [0.3, 0.4) is 0 Å². The lowest BCUT2D eigenvalue weighted by atomic mass is 10.1. The van der Waals surface area contributed by atoms with Crippen molar-refractivity contribution in [2.24, 2.45) is 0 Å². The smallest absolute Gasteiger partial charge is 0.202 e. The van der Waals surface area contributed by atoms with Crippen LogP contribution in [-0.2, 0) is 0 Å². The quantitative estimate of drug-likeness (QED) is 0.553. The summed E-state index contributed by atoms with van der Waals surface area (Å²) in [7, 11) is 0. The summed E-state index contributed by atoms with van der Waals surface area (Å²) in [6, 6.07) is 8.87. The van der Waals surface area contributed by atoms with Gasteiger partial charge in [0.25, 0.3) is 0 Å². The molecule has 1 aliphatic carbocycles. The van der Waals surface area contributed by atoms with E-state index in [9.17, 15) is 0 Å². The van der Waals surface area contributed by atoms with Crippen molar-refractivity contribution in [1.29, 1.82) is 0 Å². The maximum atomic E-state index is 4.89. The molecule has 1 aromatic rings. The summed E-state index contributed by atoms with van der Waals surface area (Å²) in [6.07, 6.45) is 2.41. The van der Waals surface area contributed by atoms with Crippen LogP contribution >= 0.6 is 11.3 Å². The van der Waals surface area contributed by atoms with Crippen LogP contribution in [0.2, 0.25) is 0 Å². The maximum absolute atomic E-state index is 4.89. The van der Waals surface area contributed by atoms with Gasteiger partial charge in [-0.05, 0) is 44.5 Å². The van der Waals surface area contributed by atoms with E-state index in [2.05, 4.69) is 62.3 Å².